The van der Waals surface area contributed by atoms with E-state index >= 15 is 0 Å². The molecule has 0 aromatic heterocycles. The molecule has 3 nitrogen and oxygen atoms in total. The van der Waals surface area contributed by atoms with E-state index in [1.165, 1.54) is 5.56 Å². The lowest BCUT2D eigenvalue weighted by molar-refractivity contribution is -0.150. The highest BCUT2D eigenvalue weighted by atomic mass is 16.5. The van der Waals surface area contributed by atoms with Gasteiger partial charge in [0.2, 0.25) is 0 Å². The molecular weight excluding hydrogens is 250 g/mol. The second-order valence-electron chi connectivity index (χ2n) is 5.71. The first-order chi connectivity index (χ1) is 9.79. The van der Waals surface area contributed by atoms with Gasteiger partial charge >= 0.3 is 5.97 Å². The third-order valence-corrected chi connectivity index (χ3v) is 4.21. The smallest absolute Gasteiger partial charge is 0.308 e. The second-order valence-corrected chi connectivity index (χ2v) is 5.71. The maximum absolute atomic E-state index is 12.0. The number of nitrogens with two attached hydrogens (primary N) is 1. The van der Waals surface area contributed by atoms with Crippen molar-refractivity contribution >= 4 is 5.97 Å². The molecule has 1 aliphatic rings. The van der Waals surface area contributed by atoms with Crippen molar-refractivity contribution in [3.05, 3.63) is 35.9 Å². The van der Waals surface area contributed by atoms with Gasteiger partial charge in [-0.3, -0.25) is 4.79 Å². The van der Waals surface area contributed by atoms with Crippen LogP contribution in [0.25, 0.3) is 0 Å². The number of esters is 1. The van der Waals surface area contributed by atoms with Crippen molar-refractivity contribution in [1.82, 2.24) is 0 Å². The number of rotatable bonds is 6. The van der Waals surface area contributed by atoms with Gasteiger partial charge in [0.25, 0.3) is 0 Å². The number of carbonyl (C=O) groups is 1. The molecule has 0 unspecified atom stereocenters. The topological polar surface area (TPSA) is 52.3 Å². The van der Waals surface area contributed by atoms with Crippen LogP contribution >= 0.6 is 0 Å². The highest BCUT2D eigenvalue weighted by molar-refractivity contribution is 5.72. The fourth-order valence-electron chi connectivity index (χ4n) is 2.85. The first-order valence-corrected chi connectivity index (χ1v) is 7.70. The van der Waals surface area contributed by atoms with Crippen molar-refractivity contribution in [2.24, 2.45) is 17.6 Å². The van der Waals surface area contributed by atoms with Gasteiger partial charge in [0.15, 0.2) is 0 Å². The average Bonchev–Trinajstić information content (AvgIpc) is 2.52. The zero-order valence-electron chi connectivity index (χ0n) is 12.1. The van der Waals surface area contributed by atoms with Gasteiger partial charge in [-0.05, 0) is 56.6 Å². The molecule has 0 saturated heterocycles. The summed E-state index contributed by atoms with van der Waals surface area (Å²) < 4.78 is 5.40. The van der Waals surface area contributed by atoms with Crippen LogP contribution in [0, 0.1) is 11.8 Å². The standard InChI is InChI=1S/C17H25NO2/c18-13-15-8-10-16(11-9-15)17(19)20-12-4-7-14-5-2-1-3-6-14/h1-3,5-6,15-16H,4,7-13,18H2. The van der Waals surface area contributed by atoms with E-state index in [4.69, 9.17) is 10.5 Å². The average molecular weight is 275 g/mol. The molecule has 0 aliphatic heterocycles. The fourth-order valence-corrected chi connectivity index (χ4v) is 2.85. The van der Waals surface area contributed by atoms with Crippen LogP contribution in [-0.4, -0.2) is 19.1 Å². The Labute approximate surface area is 121 Å². The molecule has 20 heavy (non-hydrogen) atoms. The zero-order chi connectivity index (χ0) is 14.2. The van der Waals surface area contributed by atoms with Gasteiger partial charge in [0.05, 0.1) is 12.5 Å². The first kappa shape index (κ1) is 15.0. The molecule has 0 bridgehead atoms. The van der Waals surface area contributed by atoms with E-state index in [1.807, 2.05) is 18.2 Å². The Balaban J connectivity index is 1.61. The van der Waals surface area contributed by atoms with Gasteiger partial charge in [-0.1, -0.05) is 30.3 Å². The number of hydrogen-bond donors (Lipinski definition) is 1. The van der Waals surface area contributed by atoms with E-state index in [9.17, 15) is 4.79 Å². The minimum atomic E-state index is -0.00599. The number of aryl methyl sites for hydroxylation is 1. The minimum Gasteiger partial charge on any atom is -0.465 e. The predicted octanol–water partition coefficient (Wildman–Crippen LogP) is 2.93. The van der Waals surface area contributed by atoms with Crippen LogP contribution in [0.2, 0.25) is 0 Å². The minimum absolute atomic E-state index is 0.00599. The maximum atomic E-state index is 12.0. The molecule has 1 aliphatic carbocycles. The molecule has 0 amide bonds. The first-order valence-electron chi connectivity index (χ1n) is 7.70. The van der Waals surface area contributed by atoms with Gasteiger partial charge in [-0.2, -0.15) is 0 Å². The molecule has 1 aromatic carbocycles. The quantitative estimate of drug-likeness (QED) is 0.641. The number of carbonyl (C=O) groups excluding carboxylic acids is 1. The Morgan fingerprint density at radius 1 is 1.15 bits per heavy atom. The Hall–Kier alpha value is -1.35. The lowest BCUT2D eigenvalue weighted by Gasteiger charge is -2.26. The summed E-state index contributed by atoms with van der Waals surface area (Å²) in [6, 6.07) is 10.3. The van der Waals surface area contributed by atoms with Crippen LogP contribution in [0.15, 0.2) is 30.3 Å². The summed E-state index contributed by atoms with van der Waals surface area (Å²) in [4.78, 5) is 12.0. The molecule has 2 N–H and O–H groups in total. The number of hydrogen-bond acceptors (Lipinski definition) is 3. The van der Waals surface area contributed by atoms with Crippen molar-refractivity contribution in [1.29, 1.82) is 0 Å². The highest BCUT2D eigenvalue weighted by Crippen LogP contribution is 2.28. The van der Waals surface area contributed by atoms with Crippen molar-refractivity contribution in [2.75, 3.05) is 13.2 Å². The molecule has 1 saturated carbocycles. The van der Waals surface area contributed by atoms with Gasteiger partial charge in [0.1, 0.15) is 0 Å². The van der Waals surface area contributed by atoms with Crippen LogP contribution in [0.1, 0.15) is 37.7 Å². The summed E-state index contributed by atoms with van der Waals surface area (Å²) in [6.07, 6.45) is 5.89. The molecule has 1 aromatic rings. The van der Waals surface area contributed by atoms with E-state index in [0.717, 1.165) is 45.1 Å². The van der Waals surface area contributed by atoms with Crippen LogP contribution in [-0.2, 0) is 16.0 Å². The molecule has 2 rings (SSSR count). The Kier molecular flexibility index (Phi) is 6.06. The maximum Gasteiger partial charge on any atom is 0.308 e. The summed E-state index contributed by atoms with van der Waals surface area (Å²) in [5, 5.41) is 0. The van der Waals surface area contributed by atoms with Crippen molar-refractivity contribution in [3.63, 3.8) is 0 Å². The summed E-state index contributed by atoms with van der Waals surface area (Å²) in [6.45, 7) is 1.28. The van der Waals surface area contributed by atoms with Crippen LogP contribution < -0.4 is 5.73 Å². The van der Waals surface area contributed by atoms with Crippen molar-refractivity contribution < 1.29 is 9.53 Å². The lowest BCUT2D eigenvalue weighted by Crippen LogP contribution is -2.27. The summed E-state index contributed by atoms with van der Waals surface area (Å²) >= 11 is 0. The second kappa shape index (κ2) is 8.05. The lowest BCUT2D eigenvalue weighted by atomic mass is 9.82. The van der Waals surface area contributed by atoms with Crippen LogP contribution in [0.3, 0.4) is 0 Å². The Morgan fingerprint density at radius 3 is 2.50 bits per heavy atom. The molecule has 1 fully saturated rings. The molecule has 3 heteroatoms. The molecule has 0 radical (unpaired) electrons. The van der Waals surface area contributed by atoms with Gasteiger partial charge in [0, 0.05) is 0 Å². The molecule has 0 spiro atoms. The fraction of sp³-hybridized carbons (Fsp3) is 0.588. The SMILES string of the molecule is NCC1CCC(C(=O)OCCCc2ccccc2)CC1. The molecule has 110 valence electrons. The number of benzene rings is 1. The summed E-state index contributed by atoms with van der Waals surface area (Å²) in [5.74, 6) is 0.709. The van der Waals surface area contributed by atoms with Crippen molar-refractivity contribution in [2.45, 2.75) is 38.5 Å². The van der Waals surface area contributed by atoms with E-state index in [0.29, 0.717) is 12.5 Å². The van der Waals surface area contributed by atoms with E-state index in [1.54, 1.807) is 0 Å². The van der Waals surface area contributed by atoms with E-state index in [2.05, 4.69) is 12.1 Å². The Bertz CT molecular complexity index is 397. The van der Waals surface area contributed by atoms with Crippen LogP contribution in [0.4, 0.5) is 0 Å². The Morgan fingerprint density at radius 2 is 1.85 bits per heavy atom. The third kappa shape index (κ3) is 4.64. The van der Waals surface area contributed by atoms with E-state index in [-0.39, 0.29) is 11.9 Å². The largest absolute Gasteiger partial charge is 0.465 e. The van der Waals surface area contributed by atoms with Crippen LogP contribution in [0.5, 0.6) is 0 Å². The van der Waals surface area contributed by atoms with Gasteiger partial charge in [-0.25, -0.2) is 0 Å². The number of ether oxygens (including phenoxy) is 1. The molecule has 0 heterocycles. The highest BCUT2D eigenvalue weighted by Gasteiger charge is 2.26. The summed E-state index contributed by atoms with van der Waals surface area (Å²) in [5.41, 5.74) is 6.96. The molecule has 0 atom stereocenters. The van der Waals surface area contributed by atoms with E-state index < -0.39 is 0 Å². The van der Waals surface area contributed by atoms with Gasteiger partial charge in [-0.15, -0.1) is 0 Å². The summed E-state index contributed by atoms with van der Waals surface area (Å²) in [7, 11) is 0. The predicted molar refractivity (Wildman–Crippen MR) is 80.2 cm³/mol. The van der Waals surface area contributed by atoms with Gasteiger partial charge < -0.3 is 10.5 Å². The molecular formula is C17H25NO2. The van der Waals surface area contributed by atoms with Crippen molar-refractivity contribution in [3.8, 4) is 0 Å². The zero-order valence-corrected chi connectivity index (χ0v) is 12.1. The normalized spacial score (nSPS) is 22.4. The monoisotopic (exact) mass is 275 g/mol. The third-order valence-electron chi connectivity index (χ3n) is 4.21.